The number of nitrogens with zero attached hydrogens (tertiary/aromatic N) is 2. The van der Waals surface area contributed by atoms with E-state index in [1.807, 2.05) is 48.7 Å². The highest BCUT2D eigenvalue weighted by Gasteiger charge is 2.38. The number of rotatable bonds is 8. The number of carbonyl (C=O) groups is 2. The third kappa shape index (κ3) is 6.14. The highest BCUT2D eigenvalue weighted by molar-refractivity contribution is 5.94. The van der Waals surface area contributed by atoms with Gasteiger partial charge in [0.05, 0.1) is 18.1 Å². The molecule has 182 valence electrons. The Kier molecular flexibility index (Phi) is 8.27. The van der Waals surface area contributed by atoms with E-state index in [-0.39, 0.29) is 17.8 Å². The van der Waals surface area contributed by atoms with E-state index in [0.717, 1.165) is 29.5 Å². The minimum absolute atomic E-state index is 0.0140. The van der Waals surface area contributed by atoms with Gasteiger partial charge in [0, 0.05) is 37.9 Å². The van der Waals surface area contributed by atoms with Gasteiger partial charge in [-0.3, -0.25) is 14.6 Å². The number of likely N-dealkylation sites (tertiary alicyclic amines) is 1. The van der Waals surface area contributed by atoms with E-state index in [4.69, 9.17) is 10.5 Å². The predicted molar refractivity (Wildman–Crippen MR) is 136 cm³/mol. The Morgan fingerprint density at radius 1 is 1.00 bits per heavy atom. The molecule has 1 amide bonds. The molecule has 1 aliphatic heterocycles. The maximum atomic E-state index is 13.4. The minimum atomic E-state index is -0.421. The van der Waals surface area contributed by atoms with Gasteiger partial charge in [0.25, 0.3) is 5.91 Å². The maximum absolute atomic E-state index is 13.4. The number of aryl methyl sites for hydroxylation is 2. The van der Waals surface area contributed by atoms with Crippen LogP contribution in [0.5, 0.6) is 0 Å². The van der Waals surface area contributed by atoms with Crippen LogP contribution >= 0.6 is 0 Å². The lowest BCUT2D eigenvalue weighted by molar-refractivity contribution is -0.150. The van der Waals surface area contributed by atoms with E-state index < -0.39 is 5.92 Å². The summed E-state index contributed by atoms with van der Waals surface area (Å²) in [6.45, 7) is 3.46. The third-order valence-electron chi connectivity index (χ3n) is 6.69. The van der Waals surface area contributed by atoms with Crippen LogP contribution in [0.1, 0.15) is 51.9 Å². The summed E-state index contributed by atoms with van der Waals surface area (Å²) in [5, 5.41) is 0. The Bertz CT molecular complexity index is 1150. The molecule has 0 spiro atoms. The summed E-state index contributed by atoms with van der Waals surface area (Å²) in [7, 11) is 0. The van der Waals surface area contributed by atoms with Crippen molar-refractivity contribution in [2.45, 2.75) is 38.6 Å². The fourth-order valence-electron chi connectivity index (χ4n) is 4.83. The van der Waals surface area contributed by atoms with Gasteiger partial charge < -0.3 is 15.4 Å². The zero-order valence-corrected chi connectivity index (χ0v) is 20.2. The molecule has 2 aromatic carbocycles. The number of aromatic nitrogens is 1. The molecule has 2 N–H and O–H groups in total. The molecule has 2 heterocycles. The zero-order chi connectivity index (χ0) is 24.6. The SMILES string of the molecule is CCOC(=O)[C@@H]1CN(C(=O)c2cncc(CCc3ccccc3)c2)CC[C@H]1c1cccc(CN)c1. The normalized spacial score (nSPS) is 17.7. The topological polar surface area (TPSA) is 85.5 Å². The summed E-state index contributed by atoms with van der Waals surface area (Å²) in [6.07, 6.45) is 5.81. The molecule has 1 aromatic heterocycles. The fourth-order valence-corrected chi connectivity index (χ4v) is 4.83. The number of carbonyl (C=O) groups excluding carboxylic acids is 2. The smallest absolute Gasteiger partial charge is 0.311 e. The van der Waals surface area contributed by atoms with E-state index in [2.05, 4.69) is 23.2 Å². The third-order valence-corrected chi connectivity index (χ3v) is 6.69. The number of esters is 1. The molecule has 1 fully saturated rings. The van der Waals surface area contributed by atoms with Crippen LogP contribution < -0.4 is 5.73 Å². The Morgan fingerprint density at radius 3 is 2.54 bits per heavy atom. The van der Waals surface area contributed by atoms with E-state index in [0.29, 0.717) is 38.2 Å². The molecule has 0 bridgehead atoms. The van der Waals surface area contributed by atoms with Crippen LogP contribution in [0.2, 0.25) is 0 Å². The fraction of sp³-hybridized carbons (Fsp3) is 0.345. The van der Waals surface area contributed by atoms with Gasteiger partial charge in [-0.15, -0.1) is 0 Å². The van der Waals surface area contributed by atoms with Crippen LogP contribution in [0.3, 0.4) is 0 Å². The molecule has 0 radical (unpaired) electrons. The van der Waals surface area contributed by atoms with Gasteiger partial charge in [0.15, 0.2) is 0 Å². The zero-order valence-electron chi connectivity index (χ0n) is 20.2. The van der Waals surface area contributed by atoms with Crippen molar-refractivity contribution in [3.8, 4) is 0 Å². The first-order valence-corrected chi connectivity index (χ1v) is 12.3. The molecule has 1 aliphatic rings. The minimum Gasteiger partial charge on any atom is -0.466 e. The van der Waals surface area contributed by atoms with Gasteiger partial charge >= 0.3 is 5.97 Å². The van der Waals surface area contributed by atoms with Crippen molar-refractivity contribution in [1.29, 1.82) is 0 Å². The first-order chi connectivity index (χ1) is 17.1. The molecule has 6 nitrogen and oxygen atoms in total. The van der Waals surface area contributed by atoms with E-state index in [1.54, 1.807) is 18.0 Å². The molecule has 35 heavy (non-hydrogen) atoms. The van der Waals surface area contributed by atoms with Gasteiger partial charge in [0.1, 0.15) is 0 Å². The Labute approximate surface area is 207 Å². The molecule has 1 saturated heterocycles. The number of amides is 1. The van der Waals surface area contributed by atoms with Gasteiger partial charge in [0.2, 0.25) is 0 Å². The number of pyridine rings is 1. The molecule has 0 saturated carbocycles. The second kappa shape index (κ2) is 11.8. The van der Waals surface area contributed by atoms with Gasteiger partial charge in [-0.25, -0.2) is 0 Å². The lowest BCUT2D eigenvalue weighted by Gasteiger charge is -2.37. The van der Waals surface area contributed by atoms with Gasteiger partial charge in [-0.05, 0) is 54.5 Å². The summed E-state index contributed by atoms with van der Waals surface area (Å²) in [5.74, 6) is -0.791. The molecule has 2 atom stereocenters. The summed E-state index contributed by atoms with van der Waals surface area (Å²) in [6, 6.07) is 20.3. The van der Waals surface area contributed by atoms with Crippen LogP contribution in [0.4, 0.5) is 0 Å². The second-order valence-electron chi connectivity index (χ2n) is 9.02. The molecule has 0 aliphatic carbocycles. The van der Waals surface area contributed by atoms with Crippen LogP contribution in [-0.2, 0) is 28.9 Å². The van der Waals surface area contributed by atoms with Crippen molar-refractivity contribution in [1.82, 2.24) is 9.88 Å². The first kappa shape index (κ1) is 24.6. The lowest BCUT2D eigenvalue weighted by Crippen LogP contribution is -2.46. The lowest BCUT2D eigenvalue weighted by atomic mass is 9.79. The van der Waals surface area contributed by atoms with Crippen LogP contribution in [0, 0.1) is 5.92 Å². The Balaban J connectivity index is 1.49. The monoisotopic (exact) mass is 471 g/mol. The summed E-state index contributed by atoms with van der Waals surface area (Å²) >= 11 is 0. The molecular formula is C29H33N3O3. The van der Waals surface area contributed by atoms with E-state index in [1.165, 1.54) is 5.56 Å². The van der Waals surface area contributed by atoms with Crippen molar-refractivity contribution in [2.75, 3.05) is 19.7 Å². The summed E-state index contributed by atoms with van der Waals surface area (Å²) in [5.41, 5.74) is 10.8. The molecule has 4 rings (SSSR count). The molecule has 0 unspecified atom stereocenters. The average Bonchev–Trinajstić information content (AvgIpc) is 2.92. The highest BCUT2D eigenvalue weighted by Crippen LogP contribution is 2.35. The summed E-state index contributed by atoms with van der Waals surface area (Å²) < 4.78 is 5.40. The van der Waals surface area contributed by atoms with Crippen molar-refractivity contribution < 1.29 is 14.3 Å². The highest BCUT2D eigenvalue weighted by atomic mass is 16.5. The van der Waals surface area contributed by atoms with Gasteiger partial charge in [-0.2, -0.15) is 0 Å². The number of hydrogen-bond donors (Lipinski definition) is 1. The van der Waals surface area contributed by atoms with Crippen molar-refractivity contribution in [3.63, 3.8) is 0 Å². The number of benzene rings is 2. The first-order valence-electron chi connectivity index (χ1n) is 12.3. The standard InChI is InChI=1S/C29H33N3O3/c1-2-35-29(34)27-20-32(14-13-26(27)24-10-6-9-22(15-24)17-30)28(33)25-16-23(18-31-19-25)12-11-21-7-4-3-5-8-21/h3-10,15-16,18-19,26-27H,2,11-14,17,20,30H2,1H3/t26-,27+/m0/s1. The number of ether oxygens (including phenoxy) is 1. The van der Waals surface area contributed by atoms with Crippen LogP contribution in [0.15, 0.2) is 73.1 Å². The van der Waals surface area contributed by atoms with Crippen molar-refractivity contribution >= 4 is 11.9 Å². The van der Waals surface area contributed by atoms with Crippen molar-refractivity contribution in [2.24, 2.45) is 11.7 Å². The predicted octanol–water partition coefficient (Wildman–Crippen LogP) is 4.13. The van der Waals surface area contributed by atoms with Crippen molar-refractivity contribution in [3.05, 3.63) is 101 Å². The Hall–Kier alpha value is -3.51. The van der Waals surface area contributed by atoms with Crippen LogP contribution in [-0.4, -0.2) is 41.5 Å². The van der Waals surface area contributed by atoms with E-state index >= 15 is 0 Å². The molecular weight excluding hydrogens is 438 g/mol. The van der Waals surface area contributed by atoms with Crippen LogP contribution in [0.25, 0.3) is 0 Å². The second-order valence-corrected chi connectivity index (χ2v) is 9.02. The Morgan fingerprint density at radius 2 is 1.77 bits per heavy atom. The average molecular weight is 472 g/mol. The largest absolute Gasteiger partial charge is 0.466 e. The number of piperidine rings is 1. The number of nitrogens with two attached hydrogens (primary N) is 1. The quantitative estimate of drug-likeness (QED) is 0.499. The molecule has 3 aromatic rings. The maximum Gasteiger partial charge on any atom is 0.311 e. The summed E-state index contributed by atoms with van der Waals surface area (Å²) in [4.78, 5) is 32.4. The molecule has 6 heteroatoms. The van der Waals surface area contributed by atoms with Gasteiger partial charge in [-0.1, -0.05) is 54.6 Å². The van der Waals surface area contributed by atoms with E-state index in [9.17, 15) is 9.59 Å². The number of hydrogen-bond acceptors (Lipinski definition) is 5.